The van der Waals surface area contributed by atoms with E-state index < -0.39 is 0 Å². The van der Waals surface area contributed by atoms with Crippen LogP contribution in [0.5, 0.6) is 0 Å². The molecule has 0 aromatic heterocycles. The summed E-state index contributed by atoms with van der Waals surface area (Å²) in [7, 11) is 0. The lowest BCUT2D eigenvalue weighted by Crippen LogP contribution is -2.47. The molecule has 1 amide bonds. The van der Waals surface area contributed by atoms with E-state index in [1.165, 1.54) is 0 Å². The van der Waals surface area contributed by atoms with Crippen LogP contribution in [0.4, 0.5) is 0 Å². The Bertz CT molecular complexity index is 172. The minimum Gasteiger partial charge on any atom is -0.393 e. The zero-order valence-corrected chi connectivity index (χ0v) is 7.36. The fourth-order valence-electron chi connectivity index (χ4n) is 1.49. The lowest BCUT2D eigenvalue weighted by Gasteiger charge is -2.34. The number of piperidine rings is 1. The third-order valence-corrected chi connectivity index (χ3v) is 2.39. The Morgan fingerprint density at radius 2 is 2.42 bits per heavy atom. The van der Waals surface area contributed by atoms with Crippen LogP contribution in [0.2, 0.25) is 0 Å². The topological polar surface area (TPSA) is 66.6 Å². The number of hydrogen-bond donors (Lipinski definition) is 2. The van der Waals surface area contributed by atoms with Crippen LogP contribution in [0, 0.1) is 5.92 Å². The fourth-order valence-corrected chi connectivity index (χ4v) is 1.49. The Morgan fingerprint density at radius 1 is 1.75 bits per heavy atom. The number of rotatable bonds is 1. The third kappa shape index (κ3) is 1.95. The van der Waals surface area contributed by atoms with E-state index in [-0.39, 0.29) is 24.5 Å². The van der Waals surface area contributed by atoms with Crippen molar-refractivity contribution < 1.29 is 9.90 Å². The van der Waals surface area contributed by atoms with Crippen LogP contribution in [0.15, 0.2) is 0 Å². The van der Waals surface area contributed by atoms with Gasteiger partial charge in [-0.25, -0.2) is 0 Å². The van der Waals surface area contributed by atoms with E-state index in [0.717, 1.165) is 0 Å². The molecular weight excluding hydrogens is 156 g/mol. The summed E-state index contributed by atoms with van der Waals surface area (Å²) >= 11 is 0. The molecule has 70 valence electrons. The lowest BCUT2D eigenvalue weighted by atomic mass is 9.97. The first-order chi connectivity index (χ1) is 5.65. The normalized spacial score (nSPS) is 30.4. The van der Waals surface area contributed by atoms with Crippen LogP contribution >= 0.6 is 0 Å². The van der Waals surface area contributed by atoms with Crippen molar-refractivity contribution in [2.45, 2.75) is 19.4 Å². The molecule has 0 aliphatic carbocycles. The summed E-state index contributed by atoms with van der Waals surface area (Å²) in [6.07, 6.45) is 0.416. The minimum atomic E-state index is -0.258. The number of aliphatic hydroxyl groups is 1. The van der Waals surface area contributed by atoms with Gasteiger partial charge >= 0.3 is 0 Å². The largest absolute Gasteiger partial charge is 0.393 e. The maximum absolute atomic E-state index is 11.1. The van der Waals surface area contributed by atoms with Crippen LogP contribution in [0.25, 0.3) is 0 Å². The summed E-state index contributed by atoms with van der Waals surface area (Å²) in [5.74, 6) is 0.156. The van der Waals surface area contributed by atoms with Gasteiger partial charge in [0.25, 0.3) is 0 Å². The molecule has 1 rings (SSSR count). The second-order valence-electron chi connectivity index (χ2n) is 3.38. The molecule has 1 saturated heterocycles. The molecule has 0 bridgehead atoms. The Labute approximate surface area is 72.3 Å². The average Bonchev–Trinajstić information content (AvgIpc) is 2.08. The van der Waals surface area contributed by atoms with Crippen molar-refractivity contribution in [1.82, 2.24) is 4.90 Å². The molecule has 12 heavy (non-hydrogen) atoms. The lowest BCUT2D eigenvalue weighted by molar-refractivity contribution is -0.133. The van der Waals surface area contributed by atoms with E-state index in [1.54, 1.807) is 4.90 Å². The van der Waals surface area contributed by atoms with Gasteiger partial charge in [-0.05, 0) is 12.3 Å². The van der Waals surface area contributed by atoms with Gasteiger partial charge in [0.05, 0.1) is 12.6 Å². The SMILES string of the molecule is C[C@@H]1CN(C(=O)CN)CC[C@@H]1O. The summed E-state index contributed by atoms with van der Waals surface area (Å²) in [6, 6.07) is 0. The number of carbonyl (C=O) groups is 1. The number of hydrogen-bond acceptors (Lipinski definition) is 3. The fraction of sp³-hybridized carbons (Fsp3) is 0.875. The number of carbonyl (C=O) groups excluding carboxylic acids is 1. The molecule has 4 nitrogen and oxygen atoms in total. The summed E-state index contributed by atoms with van der Waals surface area (Å²) in [4.78, 5) is 12.9. The van der Waals surface area contributed by atoms with Crippen molar-refractivity contribution in [3.63, 3.8) is 0 Å². The highest BCUT2D eigenvalue weighted by molar-refractivity contribution is 5.78. The van der Waals surface area contributed by atoms with Gasteiger partial charge < -0.3 is 15.7 Å². The number of amides is 1. The van der Waals surface area contributed by atoms with Crippen molar-refractivity contribution >= 4 is 5.91 Å². The van der Waals surface area contributed by atoms with Gasteiger partial charge in [0.1, 0.15) is 0 Å². The molecule has 1 aliphatic heterocycles. The van der Waals surface area contributed by atoms with Gasteiger partial charge in [0.2, 0.25) is 5.91 Å². The second-order valence-corrected chi connectivity index (χ2v) is 3.38. The molecule has 0 saturated carbocycles. The Kier molecular flexibility index (Phi) is 3.05. The third-order valence-electron chi connectivity index (χ3n) is 2.39. The quantitative estimate of drug-likeness (QED) is 0.543. The molecule has 3 N–H and O–H groups in total. The smallest absolute Gasteiger partial charge is 0.236 e. The molecule has 0 aromatic rings. The van der Waals surface area contributed by atoms with Gasteiger partial charge in [0.15, 0.2) is 0 Å². The standard InChI is InChI=1S/C8H16N2O2/c1-6-5-10(8(12)4-9)3-2-7(6)11/h6-7,11H,2-5,9H2,1H3/t6-,7+/m1/s1. The molecule has 0 radical (unpaired) electrons. The molecule has 1 aliphatic rings. The van der Waals surface area contributed by atoms with Gasteiger partial charge in [0, 0.05) is 13.1 Å². The number of aliphatic hydroxyl groups excluding tert-OH is 1. The number of likely N-dealkylation sites (tertiary alicyclic amines) is 1. The highest BCUT2D eigenvalue weighted by atomic mass is 16.3. The monoisotopic (exact) mass is 172 g/mol. The molecule has 1 fully saturated rings. The first kappa shape index (κ1) is 9.48. The number of nitrogens with zero attached hydrogens (tertiary/aromatic N) is 1. The highest BCUT2D eigenvalue weighted by Crippen LogP contribution is 2.15. The first-order valence-electron chi connectivity index (χ1n) is 4.31. The van der Waals surface area contributed by atoms with Crippen molar-refractivity contribution in [3.8, 4) is 0 Å². The molecule has 0 aromatic carbocycles. The van der Waals surface area contributed by atoms with Crippen LogP contribution in [-0.2, 0) is 4.79 Å². The average molecular weight is 172 g/mol. The van der Waals surface area contributed by atoms with Crippen molar-refractivity contribution in [2.24, 2.45) is 11.7 Å². The maximum Gasteiger partial charge on any atom is 0.236 e. The predicted molar refractivity (Wildman–Crippen MR) is 45.4 cm³/mol. The van der Waals surface area contributed by atoms with Gasteiger partial charge in [-0.1, -0.05) is 6.92 Å². The van der Waals surface area contributed by atoms with Crippen molar-refractivity contribution in [1.29, 1.82) is 0 Å². The summed E-state index contributed by atoms with van der Waals surface area (Å²) in [5.41, 5.74) is 5.23. The number of nitrogens with two attached hydrogens (primary N) is 1. The summed E-state index contributed by atoms with van der Waals surface area (Å²) in [5, 5.41) is 9.38. The molecule has 0 spiro atoms. The van der Waals surface area contributed by atoms with Crippen LogP contribution in [0.3, 0.4) is 0 Å². The maximum atomic E-state index is 11.1. The first-order valence-corrected chi connectivity index (χ1v) is 4.31. The molecule has 1 heterocycles. The molecule has 0 unspecified atom stereocenters. The van der Waals surface area contributed by atoms with E-state index in [1.807, 2.05) is 6.92 Å². The van der Waals surface area contributed by atoms with E-state index >= 15 is 0 Å². The van der Waals surface area contributed by atoms with E-state index in [0.29, 0.717) is 19.5 Å². The highest BCUT2D eigenvalue weighted by Gasteiger charge is 2.26. The molecule has 4 heteroatoms. The zero-order chi connectivity index (χ0) is 9.14. The van der Waals surface area contributed by atoms with E-state index in [4.69, 9.17) is 5.73 Å². The Morgan fingerprint density at radius 3 is 2.92 bits per heavy atom. The van der Waals surface area contributed by atoms with Crippen LogP contribution in [0.1, 0.15) is 13.3 Å². The predicted octanol–water partition coefficient (Wildman–Crippen LogP) is -0.826. The van der Waals surface area contributed by atoms with E-state index in [2.05, 4.69) is 0 Å². The van der Waals surface area contributed by atoms with Crippen molar-refractivity contribution in [2.75, 3.05) is 19.6 Å². The van der Waals surface area contributed by atoms with Gasteiger partial charge in [-0.15, -0.1) is 0 Å². The zero-order valence-electron chi connectivity index (χ0n) is 7.36. The summed E-state index contributed by atoms with van der Waals surface area (Å²) < 4.78 is 0. The second kappa shape index (κ2) is 3.87. The Hall–Kier alpha value is -0.610. The minimum absolute atomic E-state index is 0.0197. The van der Waals surface area contributed by atoms with Crippen LogP contribution < -0.4 is 5.73 Å². The van der Waals surface area contributed by atoms with E-state index in [9.17, 15) is 9.90 Å². The van der Waals surface area contributed by atoms with Gasteiger partial charge in [-0.2, -0.15) is 0 Å². The van der Waals surface area contributed by atoms with Crippen molar-refractivity contribution in [3.05, 3.63) is 0 Å². The Balaban J connectivity index is 2.45. The molecular formula is C8H16N2O2. The molecule has 2 atom stereocenters. The van der Waals surface area contributed by atoms with Crippen LogP contribution in [-0.4, -0.2) is 41.7 Å². The van der Waals surface area contributed by atoms with Gasteiger partial charge in [-0.3, -0.25) is 4.79 Å². The summed E-state index contributed by atoms with van der Waals surface area (Å²) in [6.45, 7) is 3.29.